The highest BCUT2D eigenvalue weighted by Crippen LogP contribution is 2.36. The molecule has 27 heavy (non-hydrogen) atoms. The van der Waals surface area contributed by atoms with E-state index in [0.717, 1.165) is 11.1 Å². The zero-order valence-electron chi connectivity index (χ0n) is 15.2. The van der Waals surface area contributed by atoms with Gasteiger partial charge in [-0.1, -0.05) is 0 Å². The summed E-state index contributed by atoms with van der Waals surface area (Å²) in [5.41, 5.74) is 2.80. The highest BCUT2D eigenvalue weighted by atomic mass is 32.2. The van der Waals surface area contributed by atoms with Crippen LogP contribution in [-0.4, -0.2) is 46.9 Å². The third kappa shape index (κ3) is 3.24. The molecule has 3 heterocycles. The summed E-state index contributed by atoms with van der Waals surface area (Å²) < 4.78 is 34.8. The van der Waals surface area contributed by atoms with Gasteiger partial charge in [0.05, 0.1) is 25.3 Å². The second-order valence-electron chi connectivity index (χ2n) is 6.00. The Hall–Kier alpha value is -2.65. The number of fused-ring (bicyclic) bond motifs is 2. The van der Waals surface area contributed by atoms with Crippen LogP contribution in [-0.2, 0) is 16.9 Å². The number of methoxy groups -OCH3 is 2. The van der Waals surface area contributed by atoms with Gasteiger partial charge in [0.2, 0.25) is 0 Å². The van der Waals surface area contributed by atoms with Crippen LogP contribution >= 0.6 is 0 Å². The van der Waals surface area contributed by atoms with E-state index in [4.69, 9.17) is 18.9 Å². The van der Waals surface area contributed by atoms with Crippen LogP contribution in [0.4, 0.5) is 0 Å². The molecule has 9 heteroatoms. The second kappa shape index (κ2) is 7.16. The van der Waals surface area contributed by atoms with Gasteiger partial charge in [-0.25, -0.2) is 0 Å². The number of ether oxygens (including phenoxy) is 4. The van der Waals surface area contributed by atoms with Crippen molar-refractivity contribution in [2.45, 2.75) is 17.8 Å². The first-order valence-electron chi connectivity index (χ1n) is 8.35. The van der Waals surface area contributed by atoms with Gasteiger partial charge < -0.3 is 23.5 Å². The Balaban J connectivity index is 1.64. The molecule has 0 fully saturated rings. The summed E-state index contributed by atoms with van der Waals surface area (Å²) >= 11 is -1.44. The van der Waals surface area contributed by atoms with E-state index in [0.29, 0.717) is 52.6 Å². The molecule has 1 unspecified atom stereocenters. The smallest absolute Gasteiger partial charge is 0.322 e. The Bertz CT molecular complexity index is 948. The Morgan fingerprint density at radius 2 is 1.85 bits per heavy atom. The number of pyridine rings is 1. The quantitative estimate of drug-likeness (QED) is 0.668. The molecule has 1 aromatic carbocycles. The lowest BCUT2D eigenvalue weighted by molar-refractivity contribution is 0.172. The maximum absolute atomic E-state index is 12.9. The number of aromatic nitrogens is 3. The van der Waals surface area contributed by atoms with Gasteiger partial charge in [0, 0.05) is 35.1 Å². The van der Waals surface area contributed by atoms with Crippen molar-refractivity contribution in [1.82, 2.24) is 15.0 Å². The number of H-pyrrole nitrogens is 1. The van der Waals surface area contributed by atoms with Crippen molar-refractivity contribution in [3.05, 3.63) is 29.6 Å². The molecule has 8 nitrogen and oxygen atoms in total. The summed E-state index contributed by atoms with van der Waals surface area (Å²) in [5, 5.41) is 0.357. The third-order valence-electron chi connectivity index (χ3n) is 4.26. The normalized spacial score (nSPS) is 14.2. The van der Waals surface area contributed by atoms with Gasteiger partial charge in [0.25, 0.3) is 0 Å². The van der Waals surface area contributed by atoms with E-state index in [9.17, 15) is 4.55 Å². The highest BCUT2D eigenvalue weighted by Gasteiger charge is 2.24. The molecule has 1 aliphatic rings. The van der Waals surface area contributed by atoms with Crippen molar-refractivity contribution in [3.8, 4) is 23.0 Å². The molecule has 1 N–H and O–H groups in total. The number of benzene rings is 1. The molecule has 0 bridgehead atoms. The monoisotopic (exact) mass is 389 g/mol. The molecular weight excluding hydrogens is 370 g/mol. The highest BCUT2D eigenvalue weighted by molar-refractivity contribution is 7.90. The lowest BCUT2D eigenvalue weighted by Gasteiger charge is -2.17. The SMILES string of the molecule is COc1c(C)cnc(C[S+]([O-])c2nc3cc4c(cc3[nH]2)OCCO4)c1OC. The maximum atomic E-state index is 12.9. The first kappa shape index (κ1) is 17.7. The molecule has 1 aliphatic heterocycles. The van der Waals surface area contributed by atoms with E-state index >= 15 is 0 Å². The fraction of sp³-hybridized carbons (Fsp3) is 0.333. The number of hydrogen-bond acceptors (Lipinski definition) is 7. The van der Waals surface area contributed by atoms with Crippen LogP contribution in [0.1, 0.15) is 11.3 Å². The van der Waals surface area contributed by atoms with Crippen LogP contribution < -0.4 is 18.9 Å². The number of rotatable bonds is 5. The first-order chi connectivity index (χ1) is 13.1. The van der Waals surface area contributed by atoms with E-state index in [1.54, 1.807) is 19.4 Å². The van der Waals surface area contributed by atoms with Crippen LogP contribution in [0.2, 0.25) is 0 Å². The fourth-order valence-electron chi connectivity index (χ4n) is 2.99. The molecule has 0 radical (unpaired) electrons. The van der Waals surface area contributed by atoms with E-state index in [1.165, 1.54) is 7.11 Å². The zero-order chi connectivity index (χ0) is 19.0. The van der Waals surface area contributed by atoms with Crippen molar-refractivity contribution in [1.29, 1.82) is 0 Å². The van der Waals surface area contributed by atoms with E-state index in [1.807, 2.05) is 13.0 Å². The Morgan fingerprint density at radius 3 is 2.56 bits per heavy atom. The number of nitrogens with zero attached hydrogens (tertiary/aromatic N) is 2. The average Bonchev–Trinajstić information content (AvgIpc) is 3.10. The largest absolute Gasteiger partial charge is 0.609 e. The Kier molecular flexibility index (Phi) is 4.71. The molecule has 0 saturated carbocycles. The predicted octanol–water partition coefficient (Wildman–Crippen LogP) is 2.36. The molecule has 0 amide bonds. The van der Waals surface area contributed by atoms with Crippen molar-refractivity contribution < 1.29 is 23.5 Å². The van der Waals surface area contributed by atoms with Crippen LogP contribution in [0.5, 0.6) is 23.0 Å². The van der Waals surface area contributed by atoms with Crippen LogP contribution in [0.15, 0.2) is 23.5 Å². The van der Waals surface area contributed by atoms with Crippen molar-refractivity contribution in [2.24, 2.45) is 0 Å². The summed E-state index contributed by atoms with van der Waals surface area (Å²) in [5.74, 6) is 2.52. The van der Waals surface area contributed by atoms with Crippen molar-refractivity contribution in [2.75, 3.05) is 27.4 Å². The predicted molar refractivity (Wildman–Crippen MR) is 99.3 cm³/mol. The molecule has 0 aliphatic carbocycles. The maximum Gasteiger partial charge on any atom is 0.322 e. The van der Waals surface area contributed by atoms with Gasteiger partial charge >= 0.3 is 5.16 Å². The molecule has 3 aromatic rings. The minimum absolute atomic E-state index is 0.145. The average molecular weight is 389 g/mol. The van der Waals surface area contributed by atoms with Gasteiger partial charge in [-0.3, -0.25) is 9.97 Å². The number of aromatic amines is 1. The minimum atomic E-state index is -1.44. The topological polar surface area (TPSA) is 102 Å². The van der Waals surface area contributed by atoms with Crippen LogP contribution in [0, 0.1) is 6.92 Å². The Labute approximate surface area is 159 Å². The molecule has 4 rings (SSSR count). The molecule has 0 saturated heterocycles. The summed E-state index contributed by atoms with van der Waals surface area (Å²) in [7, 11) is 3.11. The van der Waals surface area contributed by atoms with E-state index in [2.05, 4.69) is 15.0 Å². The summed E-state index contributed by atoms with van der Waals surface area (Å²) in [6, 6.07) is 3.60. The van der Waals surface area contributed by atoms with Gasteiger partial charge in [0.15, 0.2) is 28.8 Å². The third-order valence-corrected chi connectivity index (χ3v) is 5.42. The minimum Gasteiger partial charge on any atom is -0.609 e. The van der Waals surface area contributed by atoms with Crippen LogP contribution in [0.3, 0.4) is 0 Å². The van der Waals surface area contributed by atoms with Gasteiger partial charge in [-0.2, -0.15) is 4.98 Å². The van der Waals surface area contributed by atoms with E-state index < -0.39 is 11.2 Å². The van der Waals surface area contributed by atoms with Gasteiger partial charge in [-0.05, 0) is 6.92 Å². The summed E-state index contributed by atoms with van der Waals surface area (Å²) in [4.78, 5) is 11.9. The molecular formula is C18H19N3O5S. The fourth-order valence-corrected chi connectivity index (χ4v) is 4.01. The molecule has 0 spiro atoms. The molecule has 2 aromatic heterocycles. The lowest BCUT2D eigenvalue weighted by atomic mass is 10.2. The second-order valence-corrected chi connectivity index (χ2v) is 7.37. The summed E-state index contributed by atoms with van der Waals surface area (Å²) in [6.07, 6.45) is 1.68. The van der Waals surface area contributed by atoms with Crippen molar-refractivity contribution >= 4 is 22.2 Å². The lowest BCUT2D eigenvalue weighted by Crippen LogP contribution is -2.15. The van der Waals surface area contributed by atoms with Crippen LogP contribution in [0.25, 0.3) is 11.0 Å². The molecule has 1 atom stereocenters. The van der Waals surface area contributed by atoms with Crippen molar-refractivity contribution in [3.63, 3.8) is 0 Å². The van der Waals surface area contributed by atoms with Gasteiger partial charge in [-0.15, -0.1) is 0 Å². The zero-order valence-corrected chi connectivity index (χ0v) is 16.0. The van der Waals surface area contributed by atoms with E-state index in [-0.39, 0.29) is 5.75 Å². The number of hydrogen-bond donors (Lipinski definition) is 1. The van der Waals surface area contributed by atoms with Gasteiger partial charge in [0.1, 0.15) is 18.9 Å². The number of aryl methyl sites for hydroxylation is 1. The first-order valence-corrected chi connectivity index (χ1v) is 9.66. The number of nitrogens with one attached hydrogen (secondary N) is 1. The molecule has 142 valence electrons. The Morgan fingerprint density at radius 1 is 1.15 bits per heavy atom. The standard InChI is InChI=1S/C18H19N3O5S/c1-10-8-19-13(17(24-3)16(10)23-2)9-27(22)18-20-11-6-14-15(7-12(11)21-18)26-5-4-25-14/h6-8H,4-5,9H2,1-3H3,(H,20,21). The number of imidazole rings is 1. The summed E-state index contributed by atoms with van der Waals surface area (Å²) in [6.45, 7) is 2.88.